The summed E-state index contributed by atoms with van der Waals surface area (Å²) in [6.45, 7) is 1.68. The zero-order chi connectivity index (χ0) is 17.3. The second kappa shape index (κ2) is 6.36. The predicted octanol–water partition coefficient (Wildman–Crippen LogP) is 4.47. The van der Waals surface area contributed by atoms with E-state index in [4.69, 9.17) is 16.3 Å². The van der Waals surface area contributed by atoms with Crippen LogP contribution in [0.2, 0.25) is 5.02 Å². The maximum atomic E-state index is 14.0. The van der Waals surface area contributed by atoms with Crippen LogP contribution in [0.5, 0.6) is 0 Å². The van der Waals surface area contributed by atoms with E-state index in [1.54, 1.807) is 31.5 Å². The average molecular weight is 346 g/mol. The number of pyridine rings is 1. The van der Waals surface area contributed by atoms with Gasteiger partial charge in [-0.25, -0.2) is 4.39 Å². The molecule has 3 nitrogen and oxygen atoms in total. The first-order chi connectivity index (χ1) is 11.5. The molecule has 2 aromatic rings. The van der Waals surface area contributed by atoms with Crippen molar-refractivity contribution < 1.29 is 13.9 Å². The van der Waals surface area contributed by atoms with Crippen LogP contribution in [0.4, 0.5) is 4.39 Å². The highest BCUT2D eigenvalue weighted by atomic mass is 35.5. The normalized spacial score (nSPS) is 19.9. The quantitative estimate of drug-likeness (QED) is 0.770. The molecule has 0 radical (unpaired) electrons. The van der Waals surface area contributed by atoms with Crippen molar-refractivity contribution in [1.29, 1.82) is 0 Å². The van der Waals surface area contributed by atoms with Crippen LogP contribution >= 0.6 is 11.6 Å². The van der Waals surface area contributed by atoms with Gasteiger partial charge in [0.05, 0.1) is 12.1 Å². The molecule has 1 aliphatic carbocycles. The topological polar surface area (TPSA) is 39.2 Å². The number of methoxy groups -OCH3 is 1. The van der Waals surface area contributed by atoms with Crippen LogP contribution < -0.4 is 0 Å². The molecular formula is C19H17ClFNO2. The van der Waals surface area contributed by atoms with Gasteiger partial charge in [-0.05, 0) is 54.2 Å². The van der Waals surface area contributed by atoms with Gasteiger partial charge in [0.2, 0.25) is 0 Å². The fraction of sp³-hybridized carbons (Fsp3) is 0.263. The van der Waals surface area contributed by atoms with Crippen molar-refractivity contribution in [3.05, 3.63) is 70.3 Å². The number of hydrogen-bond acceptors (Lipinski definition) is 3. The Morgan fingerprint density at radius 3 is 2.88 bits per heavy atom. The van der Waals surface area contributed by atoms with E-state index in [-0.39, 0.29) is 11.8 Å². The van der Waals surface area contributed by atoms with Crippen LogP contribution in [0.1, 0.15) is 29.5 Å². The largest absolute Gasteiger partial charge is 0.468 e. The van der Waals surface area contributed by atoms with Crippen molar-refractivity contribution in [3.8, 4) is 0 Å². The van der Waals surface area contributed by atoms with Gasteiger partial charge in [-0.15, -0.1) is 0 Å². The minimum atomic E-state index is -0.988. The number of halogens is 2. The SMILES string of the molecule is COC(=O)[C@]1(c2cccc(F)c2C)C=C(c2cncc(Cl)c2)CC1. The highest BCUT2D eigenvalue weighted by Gasteiger charge is 2.44. The third kappa shape index (κ3) is 2.71. The summed E-state index contributed by atoms with van der Waals surface area (Å²) in [5.74, 6) is -0.719. The molecule has 0 N–H and O–H groups in total. The summed E-state index contributed by atoms with van der Waals surface area (Å²) in [7, 11) is 1.35. The lowest BCUT2D eigenvalue weighted by atomic mass is 9.77. The van der Waals surface area contributed by atoms with Gasteiger partial charge in [-0.1, -0.05) is 29.8 Å². The van der Waals surface area contributed by atoms with Gasteiger partial charge in [0.25, 0.3) is 0 Å². The fourth-order valence-corrected chi connectivity index (χ4v) is 3.52. The standard InChI is InChI=1S/C19H17ClFNO2/c1-12-16(4-3-5-17(12)21)19(18(23)24-2)7-6-13(9-19)14-8-15(20)11-22-10-14/h3-5,8-11H,6-7H2,1-2H3/t19-/m0/s1. The van der Waals surface area contributed by atoms with Gasteiger partial charge >= 0.3 is 5.97 Å². The molecule has 0 bridgehead atoms. The molecule has 0 fully saturated rings. The molecule has 0 amide bonds. The second-order valence-electron chi connectivity index (χ2n) is 5.94. The van der Waals surface area contributed by atoms with Crippen molar-refractivity contribution in [3.63, 3.8) is 0 Å². The molecule has 24 heavy (non-hydrogen) atoms. The van der Waals surface area contributed by atoms with Crippen LogP contribution in [0.3, 0.4) is 0 Å². The molecule has 1 aromatic heterocycles. The molecular weight excluding hydrogens is 329 g/mol. The van der Waals surface area contributed by atoms with E-state index < -0.39 is 5.41 Å². The molecule has 1 aromatic carbocycles. The number of allylic oxidation sites excluding steroid dienone is 1. The van der Waals surface area contributed by atoms with Gasteiger partial charge < -0.3 is 4.74 Å². The van der Waals surface area contributed by atoms with Gasteiger partial charge in [0.15, 0.2) is 0 Å². The van der Waals surface area contributed by atoms with Crippen LogP contribution in [0, 0.1) is 12.7 Å². The maximum Gasteiger partial charge on any atom is 0.320 e. The smallest absolute Gasteiger partial charge is 0.320 e. The third-order valence-electron chi connectivity index (χ3n) is 4.58. The highest BCUT2D eigenvalue weighted by Crippen LogP contribution is 2.45. The number of esters is 1. The Kier molecular flexibility index (Phi) is 4.41. The Labute approximate surface area is 145 Å². The van der Waals surface area contributed by atoms with Crippen LogP contribution in [0.15, 0.2) is 42.7 Å². The Morgan fingerprint density at radius 1 is 1.38 bits per heavy atom. The van der Waals surface area contributed by atoms with Crippen LogP contribution in [-0.2, 0) is 14.9 Å². The van der Waals surface area contributed by atoms with Gasteiger partial charge in [-0.3, -0.25) is 9.78 Å². The van der Waals surface area contributed by atoms with E-state index in [1.807, 2.05) is 12.1 Å². The number of nitrogens with zero attached hydrogens (tertiary/aromatic N) is 1. The molecule has 1 aliphatic rings. The second-order valence-corrected chi connectivity index (χ2v) is 6.37. The number of ether oxygens (including phenoxy) is 1. The summed E-state index contributed by atoms with van der Waals surface area (Å²) in [5.41, 5.74) is 1.93. The zero-order valence-electron chi connectivity index (χ0n) is 13.5. The third-order valence-corrected chi connectivity index (χ3v) is 4.79. The number of aromatic nitrogens is 1. The Balaban J connectivity index is 2.15. The minimum Gasteiger partial charge on any atom is -0.468 e. The molecule has 1 heterocycles. The van der Waals surface area contributed by atoms with E-state index in [0.717, 1.165) is 11.1 Å². The van der Waals surface area contributed by atoms with Crippen LogP contribution in [0.25, 0.3) is 5.57 Å². The number of carbonyl (C=O) groups is 1. The Bertz CT molecular complexity index is 834. The molecule has 0 spiro atoms. The molecule has 1 atom stereocenters. The first-order valence-corrected chi connectivity index (χ1v) is 8.02. The average Bonchev–Trinajstić information content (AvgIpc) is 3.03. The number of carbonyl (C=O) groups excluding carboxylic acids is 1. The van der Waals surface area contributed by atoms with Crippen molar-refractivity contribution in [2.75, 3.05) is 7.11 Å². The van der Waals surface area contributed by atoms with E-state index in [1.165, 1.54) is 13.2 Å². The monoisotopic (exact) mass is 345 g/mol. The molecule has 0 saturated carbocycles. The van der Waals surface area contributed by atoms with E-state index in [9.17, 15) is 9.18 Å². The number of rotatable bonds is 3. The number of benzene rings is 1. The lowest BCUT2D eigenvalue weighted by molar-refractivity contribution is -0.145. The lowest BCUT2D eigenvalue weighted by Crippen LogP contribution is -2.34. The molecule has 0 saturated heterocycles. The summed E-state index contributed by atoms with van der Waals surface area (Å²) in [5, 5.41) is 0.533. The van der Waals surface area contributed by atoms with Crippen molar-refractivity contribution in [2.24, 2.45) is 0 Å². The van der Waals surface area contributed by atoms with Crippen LogP contribution in [-0.4, -0.2) is 18.1 Å². The van der Waals surface area contributed by atoms with Gasteiger partial charge in [-0.2, -0.15) is 0 Å². The summed E-state index contributed by atoms with van der Waals surface area (Å²) in [6.07, 6.45) is 6.32. The molecule has 3 rings (SSSR count). The van der Waals surface area contributed by atoms with E-state index in [2.05, 4.69) is 4.98 Å². The lowest BCUT2D eigenvalue weighted by Gasteiger charge is -2.26. The Morgan fingerprint density at radius 2 is 2.17 bits per heavy atom. The first kappa shape index (κ1) is 16.7. The number of hydrogen-bond donors (Lipinski definition) is 0. The summed E-state index contributed by atoms with van der Waals surface area (Å²) in [4.78, 5) is 16.7. The summed E-state index contributed by atoms with van der Waals surface area (Å²) in [6, 6.07) is 6.61. The molecule has 124 valence electrons. The Hall–Kier alpha value is -2.20. The predicted molar refractivity (Wildman–Crippen MR) is 91.3 cm³/mol. The maximum absolute atomic E-state index is 14.0. The first-order valence-electron chi connectivity index (χ1n) is 7.64. The van der Waals surface area contributed by atoms with E-state index >= 15 is 0 Å². The molecule has 5 heteroatoms. The molecule has 0 aliphatic heterocycles. The van der Waals surface area contributed by atoms with Gasteiger partial charge in [0.1, 0.15) is 11.2 Å². The van der Waals surface area contributed by atoms with E-state index in [0.29, 0.717) is 29.0 Å². The summed E-state index contributed by atoms with van der Waals surface area (Å²) < 4.78 is 19.1. The van der Waals surface area contributed by atoms with Crippen molar-refractivity contribution in [2.45, 2.75) is 25.2 Å². The van der Waals surface area contributed by atoms with Crippen molar-refractivity contribution in [1.82, 2.24) is 4.98 Å². The minimum absolute atomic E-state index is 0.331. The summed E-state index contributed by atoms with van der Waals surface area (Å²) >= 11 is 6.02. The van der Waals surface area contributed by atoms with Crippen molar-refractivity contribution >= 4 is 23.1 Å². The zero-order valence-corrected chi connectivity index (χ0v) is 14.2. The molecule has 0 unspecified atom stereocenters. The van der Waals surface area contributed by atoms with Gasteiger partial charge in [0, 0.05) is 12.4 Å². The fourth-order valence-electron chi connectivity index (χ4n) is 3.34. The highest BCUT2D eigenvalue weighted by molar-refractivity contribution is 6.30.